The fourth-order valence-electron chi connectivity index (χ4n) is 2.00. The van der Waals surface area contributed by atoms with Crippen LogP contribution in [0.1, 0.15) is 5.56 Å². The molecule has 0 atom stereocenters. The van der Waals surface area contributed by atoms with Crippen LogP contribution in [0.4, 0.5) is 0 Å². The van der Waals surface area contributed by atoms with Gasteiger partial charge in [0.25, 0.3) is 0 Å². The van der Waals surface area contributed by atoms with Crippen LogP contribution in [0, 0.1) is 0 Å². The highest BCUT2D eigenvalue weighted by Crippen LogP contribution is 2.34. The molecule has 20 heavy (non-hydrogen) atoms. The molecule has 1 aromatic heterocycles. The molecule has 0 amide bonds. The first-order chi connectivity index (χ1) is 9.84. The number of halogens is 1. The molecule has 0 saturated heterocycles. The number of benzene rings is 2. The van der Waals surface area contributed by atoms with Crippen LogP contribution < -0.4 is 0 Å². The van der Waals surface area contributed by atoms with E-state index in [1.54, 1.807) is 18.0 Å². The Balaban J connectivity index is 1.84. The summed E-state index contributed by atoms with van der Waals surface area (Å²) in [6.45, 7) is 0. The molecule has 0 bridgehead atoms. The standard InChI is InChI=1S/C17H13ClOS/c18-15-8-3-1-6-13(15)12-20-17-10-4-2-7-14(17)16-9-5-11-19-16/h1-11H,12H2. The van der Waals surface area contributed by atoms with E-state index in [4.69, 9.17) is 16.0 Å². The second-order valence-corrected chi connectivity index (χ2v) is 5.78. The maximum atomic E-state index is 6.20. The van der Waals surface area contributed by atoms with E-state index in [0.717, 1.165) is 27.7 Å². The van der Waals surface area contributed by atoms with Crippen molar-refractivity contribution < 1.29 is 4.42 Å². The molecular weight excluding hydrogens is 288 g/mol. The van der Waals surface area contributed by atoms with Crippen LogP contribution in [0.15, 0.2) is 76.2 Å². The predicted octanol–water partition coefficient (Wildman–Crippen LogP) is 5.89. The fraction of sp³-hybridized carbons (Fsp3) is 0.0588. The smallest absolute Gasteiger partial charge is 0.134 e. The molecule has 0 aliphatic heterocycles. The van der Waals surface area contributed by atoms with Crippen LogP contribution >= 0.6 is 23.4 Å². The number of rotatable bonds is 4. The first kappa shape index (κ1) is 13.3. The van der Waals surface area contributed by atoms with Crippen molar-refractivity contribution in [2.24, 2.45) is 0 Å². The summed E-state index contributed by atoms with van der Waals surface area (Å²) in [5.41, 5.74) is 2.27. The van der Waals surface area contributed by atoms with Gasteiger partial charge in [-0.25, -0.2) is 0 Å². The lowest BCUT2D eigenvalue weighted by molar-refractivity contribution is 0.581. The van der Waals surface area contributed by atoms with Crippen LogP contribution in [-0.4, -0.2) is 0 Å². The number of furan rings is 1. The zero-order chi connectivity index (χ0) is 13.8. The van der Waals surface area contributed by atoms with Crippen molar-refractivity contribution in [2.45, 2.75) is 10.6 Å². The Morgan fingerprint density at radius 2 is 1.70 bits per heavy atom. The lowest BCUT2D eigenvalue weighted by Crippen LogP contribution is -1.84. The van der Waals surface area contributed by atoms with Gasteiger partial charge in [0.15, 0.2) is 0 Å². The second kappa shape index (κ2) is 6.21. The summed E-state index contributed by atoms with van der Waals surface area (Å²) in [7, 11) is 0. The molecular formula is C17H13ClOS. The van der Waals surface area contributed by atoms with Gasteiger partial charge in [-0.1, -0.05) is 48.0 Å². The minimum Gasteiger partial charge on any atom is -0.464 e. The van der Waals surface area contributed by atoms with Crippen molar-refractivity contribution in [3.63, 3.8) is 0 Å². The van der Waals surface area contributed by atoms with Crippen LogP contribution in [0.25, 0.3) is 11.3 Å². The monoisotopic (exact) mass is 300 g/mol. The quantitative estimate of drug-likeness (QED) is 0.557. The summed E-state index contributed by atoms with van der Waals surface area (Å²) in [6, 6.07) is 20.1. The van der Waals surface area contributed by atoms with E-state index in [2.05, 4.69) is 18.2 Å². The minimum atomic E-state index is 0.815. The van der Waals surface area contributed by atoms with Crippen molar-refractivity contribution in [1.82, 2.24) is 0 Å². The highest BCUT2D eigenvalue weighted by Gasteiger charge is 2.08. The van der Waals surface area contributed by atoms with Crippen LogP contribution in [0.3, 0.4) is 0 Å². The van der Waals surface area contributed by atoms with Gasteiger partial charge in [-0.05, 0) is 29.8 Å². The Morgan fingerprint density at radius 3 is 2.50 bits per heavy atom. The highest BCUT2D eigenvalue weighted by molar-refractivity contribution is 7.98. The van der Waals surface area contributed by atoms with Gasteiger partial charge in [-0.2, -0.15) is 0 Å². The van der Waals surface area contributed by atoms with E-state index in [1.807, 2.05) is 42.5 Å². The first-order valence-corrected chi connectivity index (χ1v) is 7.70. The molecule has 0 radical (unpaired) electrons. The van der Waals surface area contributed by atoms with Gasteiger partial charge in [-0.15, -0.1) is 11.8 Å². The average molecular weight is 301 g/mol. The third-order valence-electron chi connectivity index (χ3n) is 3.01. The molecule has 3 rings (SSSR count). The van der Waals surface area contributed by atoms with Gasteiger partial charge in [0.1, 0.15) is 5.76 Å². The highest BCUT2D eigenvalue weighted by atomic mass is 35.5. The number of thioether (sulfide) groups is 1. The van der Waals surface area contributed by atoms with E-state index in [9.17, 15) is 0 Å². The molecule has 1 heterocycles. The molecule has 0 aliphatic rings. The van der Waals surface area contributed by atoms with Crippen LogP contribution in [-0.2, 0) is 5.75 Å². The lowest BCUT2D eigenvalue weighted by atomic mass is 10.2. The van der Waals surface area contributed by atoms with E-state index in [-0.39, 0.29) is 0 Å². The molecule has 3 aromatic rings. The topological polar surface area (TPSA) is 13.1 Å². The van der Waals surface area contributed by atoms with E-state index in [0.29, 0.717) is 0 Å². The molecule has 0 unspecified atom stereocenters. The Hall–Kier alpha value is -1.64. The van der Waals surface area contributed by atoms with Gasteiger partial charge in [0.05, 0.1) is 6.26 Å². The summed E-state index contributed by atoms with van der Waals surface area (Å²) in [4.78, 5) is 1.20. The van der Waals surface area contributed by atoms with Gasteiger partial charge >= 0.3 is 0 Å². The van der Waals surface area contributed by atoms with E-state index in [1.165, 1.54) is 4.90 Å². The van der Waals surface area contributed by atoms with Crippen molar-refractivity contribution in [1.29, 1.82) is 0 Å². The molecule has 0 saturated carbocycles. The van der Waals surface area contributed by atoms with Crippen molar-refractivity contribution >= 4 is 23.4 Å². The van der Waals surface area contributed by atoms with Gasteiger partial charge < -0.3 is 4.42 Å². The zero-order valence-corrected chi connectivity index (χ0v) is 12.3. The van der Waals surface area contributed by atoms with Crippen molar-refractivity contribution in [3.8, 4) is 11.3 Å². The summed E-state index contributed by atoms with van der Waals surface area (Å²) in [6.07, 6.45) is 1.70. The maximum Gasteiger partial charge on any atom is 0.134 e. The van der Waals surface area contributed by atoms with Crippen molar-refractivity contribution in [3.05, 3.63) is 77.5 Å². The SMILES string of the molecule is Clc1ccccc1CSc1ccccc1-c1ccco1. The molecule has 0 fully saturated rings. The zero-order valence-electron chi connectivity index (χ0n) is 10.8. The summed E-state index contributed by atoms with van der Waals surface area (Å²) < 4.78 is 5.50. The largest absolute Gasteiger partial charge is 0.464 e. The molecule has 1 nitrogen and oxygen atoms in total. The average Bonchev–Trinajstić information content (AvgIpc) is 3.01. The molecule has 0 N–H and O–H groups in total. The third kappa shape index (κ3) is 2.92. The second-order valence-electron chi connectivity index (χ2n) is 4.35. The van der Waals surface area contributed by atoms with Gasteiger partial charge in [0.2, 0.25) is 0 Å². The number of hydrogen-bond acceptors (Lipinski definition) is 2. The Labute approximate surface area is 127 Å². The van der Waals surface area contributed by atoms with Gasteiger partial charge in [-0.3, -0.25) is 0 Å². The lowest BCUT2D eigenvalue weighted by Gasteiger charge is -2.08. The summed E-state index contributed by atoms with van der Waals surface area (Å²) in [5, 5.41) is 0.815. The normalized spacial score (nSPS) is 10.7. The van der Waals surface area contributed by atoms with E-state index < -0.39 is 0 Å². The summed E-state index contributed by atoms with van der Waals surface area (Å²) >= 11 is 7.97. The molecule has 100 valence electrons. The molecule has 0 spiro atoms. The van der Waals surface area contributed by atoms with Crippen molar-refractivity contribution in [2.75, 3.05) is 0 Å². The van der Waals surface area contributed by atoms with E-state index >= 15 is 0 Å². The molecule has 3 heteroatoms. The molecule has 2 aromatic carbocycles. The fourth-order valence-corrected chi connectivity index (χ4v) is 3.34. The van der Waals surface area contributed by atoms with Crippen LogP contribution in [0.5, 0.6) is 0 Å². The van der Waals surface area contributed by atoms with Gasteiger partial charge in [0, 0.05) is 21.2 Å². The maximum absolute atomic E-state index is 6.20. The minimum absolute atomic E-state index is 0.815. The Morgan fingerprint density at radius 1 is 0.900 bits per heavy atom. The number of hydrogen-bond donors (Lipinski definition) is 0. The Kier molecular flexibility index (Phi) is 4.14. The first-order valence-electron chi connectivity index (χ1n) is 6.34. The summed E-state index contributed by atoms with van der Waals surface area (Å²) in [5.74, 6) is 1.74. The molecule has 0 aliphatic carbocycles. The van der Waals surface area contributed by atoms with Crippen LogP contribution in [0.2, 0.25) is 5.02 Å². The predicted molar refractivity (Wildman–Crippen MR) is 85.2 cm³/mol. The Bertz CT molecular complexity index is 692. The third-order valence-corrected chi connectivity index (χ3v) is 4.51.